The molecule has 7 heteroatoms. The summed E-state index contributed by atoms with van der Waals surface area (Å²) in [6.45, 7) is 6.48. The van der Waals surface area contributed by atoms with Gasteiger partial charge in [-0.05, 0) is 25.0 Å². The first-order valence-corrected chi connectivity index (χ1v) is 9.90. The molecule has 0 fully saturated rings. The summed E-state index contributed by atoms with van der Waals surface area (Å²) in [5, 5.41) is 9.02. The molecule has 0 aliphatic rings. The summed E-state index contributed by atoms with van der Waals surface area (Å²) >= 11 is 1.79. The summed E-state index contributed by atoms with van der Waals surface area (Å²) in [7, 11) is 0. The lowest BCUT2D eigenvalue weighted by Gasteiger charge is -2.11. The number of aryl methyl sites for hydroxylation is 1. The maximum Gasteiger partial charge on any atom is 0.191 e. The average molecular weight is 495 g/mol. The van der Waals surface area contributed by atoms with E-state index in [9.17, 15) is 0 Å². The maximum atomic E-state index is 4.72. The third-order valence-corrected chi connectivity index (χ3v) is 5.25. The lowest BCUT2D eigenvalue weighted by molar-refractivity contribution is 0.797. The van der Waals surface area contributed by atoms with Gasteiger partial charge in [-0.25, -0.2) is 9.98 Å². The smallest absolute Gasteiger partial charge is 0.191 e. The number of nitrogens with one attached hydrogen (secondary N) is 2. The Hall–Kier alpha value is -1.74. The number of nitrogens with zero attached hydrogens (tertiary/aromatic N) is 3. The Balaban J connectivity index is 0.00000261. The summed E-state index contributed by atoms with van der Waals surface area (Å²) in [5.74, 6) is 0.827. The predicted molar refractivity (Wildman–Crippen MR) is 125 cm³/mol. The first-order chi connectivity index (χ1) is 12.8. The molecule has 2 N–H and O–H groups in total. The van der Waals surface area contributed by atoms with Gasteiger partial charge in [-0.2, -0.15) is 0 Å². The van der Waals surface area contributed by atoms with E-state index in [0.29, 0.717) is 6.54 Å². The Morgan fingerprint density at radius 3 is 2.74 bits per heavy atom. The molecule has 2 aromatic heterocycles. The molecule has 0 atom stereocenters. The minimum Gasteiger partial charge on any atom is -0.357 e. The molecule has 27 heavy (non-hydrogen) atoms. The summed E-state index contributed by atoms with van der Waals surface area (Å²) in [4.78, 5) is 15.0. The van der Waals surface area contributed by atoms with Crippen molar-refractivity contribution in [2.45, 2.75) is 33.2 Å². The van der Waals surface area contributed by atoms with Gasteiger partial charge in [0.2, 0.25) is 0 Å². The van der Waals surface area contributed by atoms with Crippen LogP contribution in [-0.4, -0.2) is 29.0 Å². The van der Waals surface area contributed by atoms with Crippen molar-refractivity contribution in [1.29, 1.82) is 0 Å². The third-order valence-electron chi connectivity index (χ3n) is 4.05. The van der Waals surface area contributed by atoms with Crippen LogP contribution in [0.3, 0.4) is 0 Å². The molecule has 0 radical (unpaired) electrons. The molecule has 0 saturated carbocycles. The van der Waals surface area contributed by atoms with E-state index in [2.05, 4.69) is 58.7 Å². The molecule has 0 bridgehead atoms. The Morgan fingerprint density at radius 2 is 1.96 bits per heavy atom. The number of rotatable bonds is 7. The highest BCUT2D eigenvalue weighted by Crippen LogP contribution is 2.16. The minimum absolute atomic E-state index is 0. The van der Waals surface area contributed by atoms with Gasteiger partial charge in [0.25, 0.3) is 0 Å². The molecule has 3 rings (SSSR count). The van der Waals surface area contributed by atoms with Gasteiger partial charge >= 0.3 is 0 Å². The molecule has 0 saturated heterocycles. The van der Waals surface area contributed by atoms with Gasteiger partial charge in [0, 0.05) is 42.2 Å². The number of thiazole rings is 1. The van der Waals surface area contributed by atoms with Gasteiger partial charge in [0.05, 0.1) is 17.1 Å². The number of guanidine groups is 1. The van der Waals surface area contributed by atoms with Crippen molar-refractivity contribution in [2.75, 3.05) is 13.1 Å². The van der Waals surface area contributed by atoms with Gasteiger partial charge in [-0.15, -0.1) is 35.3 Å². The van der Waals surface area contributed by atoms with Gasteiger partial charge in [-0.3, -0.25) is 4.98 Å². The molecule has 3 aromatic rings. The van der Waals surface area contributed by atoms with E-state index < -0.39 is 0 Å². The number of hydrogen-bond acceptors (Lipinski definition) is 4. The van der Waals surface area contributed by atoms with Gasteiger partial charge in [0.15, 0.2) is 5.96 Å². The van der Waals surface area contributed by atoms with Crippen molar-refractivity contribution < 1.29 is 0 Å². The second kappa shape index (κ2) is 11.2. The molecule has 0 aliphatic heterocycles. The first kappa shape index (κ1) is 21.6. The summed E-state index contributed by atoms with van der Waals surface area (Å²) in [5.41, 5.74) is 2.15. The Morgan fingerprint density at radius 1 is 1.11 bits per heavy atom. The molecule has 144 valence electrons. The highest BCUT2D eigenvalue weighted by atomic mass is 127. The summed E-state index contributed by atoms with van der Waals surface area (Å²) in [6.07, 6.45) is 5.77. The van der Waals surface area contributed by atoms with E-state index in [4.69, 9.17) is 4.99 Å². The highest BCUT2D eigenvalue weighted by molar-refractivity contribution is 14.0. The summed E-state index contributed by atoms with van der Waals surface area (Å²) in [6, 6.07) is 10.3. The Kier molecular flexibility index (Phi) is 8.93. The van der Waals surface area contributed by atoms with Crippen LogP contribution >= 0.6 is 35.3 Å². The number of aliphatic imine (C=N–C) groups is 1. The van der Waals surface area contributed by atoms with E-state index in [1.165, 1.54) is 9.88 Å². The third kappa shape index (κ3) is 6.14. The summed E-state index contributed by atoms with van der Waals surface area (Å²) < 4.78 is 0. The van der Waals surface area contributed by atoms with Crippen LogP contribution in [-0.2, 0) is 19.4 Å². The quantitative estimate of drug-likeness (QED) is 0.294. The molecular formula is C20H26IN5S. The number of aromatic nitrogens is 2. The lowest BCUT2D eigenvalue weighted by atomic mass is 10.1. The number of fused-ring (bicyclic) bond motifs is 1. The van der Waals surface area contributed by atoms with Crippen LogP contribution in [0.5, 0.6) is 0 Å². The van der Waals surface area contributed by atoms with Crippen molar-refractivity contribution in [3.63, 3.8) is 0 Å². The molecule has 1 aromatic carbocycles. The Labute approximate surface area is 181 Å². The van der Waals surface area contributed by atoms with Crippen LogP contribution in [0.4, 0.5) is 0 Å². The maximum absolute atomic E-state index is 4.72. The predicted octanol–water partition coefficient (Wildman–Crippen LogP) is 4.17. The molecule has 5 nitrogen and oxygen atoms in total. The minimum atomic E-state index is 0. The van der Waals surface area contributed by atoms with E-state index in [1.54, 1.807) is 11.3 Å². The molecule has 2 heterocycles. The molecule has 0 amide bonds. The number of benzene rings is 1. The standard InChI is InChI=1S/C20H25N5S.HI/c1-3-17-14-24-18(26-17)10-12-23-20(21-4-2)25-13-16-8-5-7-15-9-6-11-22-19(15)16;/h5-9,11,14H,3-4,10,12-13H2,1-2H3,(H2,21,23,25);1H. The molecule has 0 unspecified atom stereocenters. The highest BCUT2D eigenvalue weighted by Gasteiger charge is 2.04. The van der Waals surface area contributed by atoms with Gasteiger partial charge in [0.1, 0.15) is 0 Å². The number of halogens is 1. The zero-order valence-corrected chi connectivity index (χ0v) is 18.9. The second-order valence-corrected chi connectivity index (χ2v) is 7.14. The van der Waals surface area contributed by atoms with Crippen molar-refractivity contribution in [3.8, 4) is 0 Å². The molecular weight excluding hydrogens is 469 g/mol. The average Bonchev–Trinajstić information content (AvgIpc) is 3.14. The topological polar surface area (TPSA) is 62.2 Å². The zero-order chi connectivity index (χ0) is 18.2. The van der Waals surface area contributed by atoms with Crippen LogP contribution in [0, 0.1) is 0 Å². The first-order valence-electron chi connectivity index (χ1n) is 9.08. The van der Waals surface area contributed by atoms with E-state index >= 15 is 0 Å². The molecule has 0 aliphatic carbocycles. The van der Waals surface area contributed by atoms with E-state index in [-0.39, 0.29) is 24.0 Å². The van der Waals surface area contributed by atoms with Crippen LogP contribution in [0.2, 0.25) is 0 Å². The van der Waals surface area contributed by atoms with Crippen LogP contribution in [0.1, 0.15) is 29.3 Å². The van der Waals surface area contributed by atoms with Crippen molar-refractivity contribution in [1.82, 2.24) is 20.6 Å². The van der Waals surface area contributed by atoms with Crippen molar-refractivity contribution in [2.24, 2.45) is 4.99 Å². The fraction of sp³-hybridized carbons (Fsp3) is 0.350. The normalized spacial score (nSPS) is 11.3. The van der Waals surface area contributed by atoms with Crippen molar-refractivity contribution in [3.05, 3.63) is 58.2 Å². The van der Waals surface area contributed by atoms with Gasteiger partial charge in [-0.1, -0.05) is 31.2 Å². The van der Waals surface area contributed by atoms with E-state index in [0.717, 1.165) is 48.4 Å². The fourth-order valence-electron chi connectivity index (χ4n) is 2.72. The molecule has 0 spiro atoms. The number of para-hydroxylation sites is 1. The van der Waals surface area contributed by atoms with Crippen molar-refractivity contribution >= 4 is 52.2 Å². The van der Waals surface area contributed by atoms with Crippen LogP contribution in [0.25, 0.3) is 10.9 Å². The monoisotopic (exact) mass is 495 g/mol. The SMILES string of the molecule is CCNC(=NCc1cccc2cccnc12)NCCc1ncc(CC)s1.I. The van der Waals surface area contributed by atoms with E-state index in [1.807, 2.05) is 18.5 Å². The number of hydrogen-bond donors (Lipinski definition) is 2. The zero-order valence-electron chi connectivity index (χ0n) is 15.7. The largest absolute Gasteiger partial charge is 0.357 e. The van der Waals surface area contributed by atoms with Crippen LogP contribution in [0.15, 0.2) is 47.7 Å². The van der Waals surface area contributed by atoms with Crippen LogP contribution < -0.4 is 10.6 Å². The lowest BCUT2D eigenvalue weighted by Crippen LogP contribution is -2.38. The Bertz CT molecular complexity index is 872. The number of pyridine rings is 1. The van der Waals surface area contributed by atoms with Gasteiger partial charge < -0.3 is 10.6 Å². The second-order valence-electron chi connectivity index (χ2n) is 5.94. The fourth-order valence-corrected chi connectivity index (χ4v) is 3.58.